The van der Waals surface area contributed by atoms with Crippen molar-refractivity contribution in [1.29, 1.82) is 0 Å². The van der Waals surface area contributed by atoms with Crippen molar-refractivity contribution in [3.05, 3.63) is 17.5 Å². The van der Waals surface area contributed by atoms with Gasteiger partial charge in [0.2, 0.25) is 0 Å². The first-order valence-electron chi connectivity index (χ1n) is 4.02. The molecule has 3 N–H and O–H groups in total. The molecule has 0 spiro atoms. The van der Waals surface area contributed by atoms with Crippen LogP contribution in [0.15, 0.2) is 6.20 Å². The topological polar surface area (TPSA) is 45.5 Å². The molecule has 0 aliphatic heterocycles. The van der Waals surface area contributed by atoms with E-state index in [2.05, 4.69) is 30.9 Å². The fourth-order valence-electron chi connectivity index (χ4n) is 1.18. The molecule has 1 heterocycles. The van der Waals surface area contributed by atoms with Gasteiger partial charge in [-0.15, -0.1) is 0 Å². The van der Waals surface area contributed by atoms with Crippen LogP contribution < -0.4 is 5.73 Å². The second kappa shape index (κ2) is 3.05. The fraction of sp³-hybridized carbons (Fsp3) is 0.625. The van der Waals surface area contributed by atoms with Crippen LogP contribution in [0.3, 0.4) is 0 Å². The number of rotatable bonds is 2. The molecule has 1 aromatic heterocycles. The molecular formula is C8H16N3+. The van der Waals surface area contributed by atoms with Crippen molar-refractivity contribution in [2.24, 2.45) is 0 Å². The predicted molar refractivity (Wildman–Crippen MR) is 43.9 cm³/mol. The van der Waals surface area contributed by atoms with Gasteiger partial charge in [-0.1, -0.05) is 0 Å². The Hall–Kier alpha value is -0.830. The van der Waals surface area contributed by atoms with E-state index in [-0.39, 0.29) is 0 Å². The van der Waals surface area contributed by atoms with Gasteiger partial charge in [-0.05, 0) is 20.8 Å². The molecule has 0 aliphatic rings. The van der Waals surface area contributed by atoms with Crippen LogP contribution in [0.5, 0.6) is 0 Å². The van der Waals surface area contributed by atoms with Crippen molar-refractivity contribution < 1.29 is 5.73 Å². The molecule has 62 valence electrons. The van der Waals surface area contributed by atoms with Gasteiger partial charge in [0.1, 0.15) is 6.04 Å². The smallest absolute Gasteiger partial charge is 0.110 e. The quantitative estimate of drug-likeness (QED) is 0.663. The lowest BCUT2D eigenvalue weighted by Crippen LogP contribution is -2.51. The third-order valence-electron chi connectivity index (χ3n) is 1.84. The van der Waals surface area contributed by atoms with Crippen LogP contribution in [0.25, 0.3) is 0 Å². The maximum absolute atomic E-state index is 4.33. The molecule has 0 radical (unpaired) electrons. The van der Waals surface area contributed by atoms with E-state index in [0.29, 0.717) is 6.04 Å². The maximum Gasteiger partial charge on any atom is 0.110 e. The normalized spacial score (nSPS) is 13.5. The van der Waals surface area contributed by atoms with E-state index < -0.39 is 0 Å². The Morgan fingerprint density at radius 2 is 2.36 bits per heavy atom. The van der Waals surface area contributed by atoms with Crippen LogP contribution in [0.2, 0.25) is 0 Å². The summed E-state index contributed by atoms with van der Waals surface area (Å²) in [6, 6.07) is 0.343. The highest BCUT2D eigenvalue weighted by Crippen LogP contribution is 2.11. The Balaban J connectivity index is 2.97. The molecule has 0 aliphatic carbocycles. The minimum atomic E-state index is 0.343. The lowest BCUT2D eigenvalue weighted by Gasteiger charge is -1.96. The van der Waals surface area contributed by atoms with E-state index >= 15 is 0 Å². The number of aromatic nitrogens is 2. The van der Waals surface area contributed by atoms with Crippen LogP contribution in [0, 0.1) is 6.92 Å². The van der Waals surface area contributed by atoms with Gasteiger partial charge in [-0.25, -0.2) is 0 Å². The zero-order chi connectivity index (χ0) is 8.43. The molecule has 1 rings (SSSR count). The third kappa shape index (κ3) is 1.60. The Labute approximate surface area is 67.2 Å². The monoisotopic (exact) mass is 154 g/mol. The minimum Gasteiger partial charge on any atom is -0.351 e. The highest BCUT2D eigenvalue weighted by Gasteiger charge is 2.09. The van der Waals surface area contributed by atoms with Crippen molar-refractivity contribution in [1.82, 2.24) is 9.78 Å². The Bertz CT molecular complexity index is 237. The maximum atomic E-state index is 4.33. The molecule has 0 saturated carbocycles. The molecule has 0 amide bonds. The third-order valence-corrected chi connectivity index (χ3v) is 1.84. The molecule has 0 aromatic carbocycles. The van der Waals surface area contributed by atoms with Crippen molar-refractivity contribution >= 4 is 0 Å². The van der Waals surface area contributed by atoms with E-state index in [4.69, 9.17) is 0 Å². The number of quaternary nitrogens is 1. The van der Waals surface area contributed by atoms with E-state index in [1.54, 1.807) is 0 Å². The van der Waals surface area contributed by atoms with Gasteiger partial charge in [-0.3, -0.25) is 4.68 Å². The summed E-state index contributed by atoms with van der Waals surface area (Å²) in [6.07, 6.45) is 2.08. The first kappa shape index (κ1) is 8.27. The molecule has 0 saturated heterocycles. The number of nitrogens with zero attached hydrogens (tertiary/aromatic N) is 2. The van der Waals surface area contributed by atoms with Gasteiger partial charge >= 0.3 is 0 Å². The minimum absolute atomic E-state index is 0.343. The second-order valence-electron chi connectivity index (χ2n) is 2.93. The molecule has 3 nitrogen and oxygen atoms in total. The van der Waals surface area contributed by atoms with E-state index in [9.17, 15) is 0 Å². The van der Waals surface area contributed by atoms with Gasteiger partial charge in [0, 0.05) is 18.3 Å². The van der Waals surface area contributed by atoms with Crippen LogP contribution in [-0.4, -0.2) is 9.78 Å². The highest BCUT2D eigenvalue weighted by atomic mass is 15.3. The summed E-state index contributed by atoms with van der Waals surface area (Å²) >= 11 is 0. The van der Waals surface area contributed by atoms with Gasteiger partial charge in [0.05, 0.1) is 5.69 Å². The molecular weight excluding hydrogens is 138 g/mol. The lowest BCUT2D eigenvalue weighted by molar-refractivity contribution is -0.420. The zero-order valence-electron chi connectivity index (χ0n) is 7.46. The average molecular weight is 154 g/mol. The SMILES string of the molecule is CCn1cc([C@H](C)[NH3+])c(C)n1. The Morgan fingerprint density at radius 3 is 2.64 bits per heavy atom. The first-order valence-corrected chi connectivity index (χ1v) is 4.02. The molecule has 1 atom stereocenters. The van der Waals surface area contributed by atoms with Gasteiger partial charge in [0.15, 0.2) is 0 Å². The summed E-state index contributed by atoms with van der Waals surface area (Å²) in [5.74, 6) is 0. The predicted octanol–water partition coefficient (Wildman–Crippen LogP) is 0.514. The molecule has 0 bridgehead atoms. The van der Waals surface area contributed by atoms with Gasteiger partial charge in [0.25, 0.3) is 0 Å². The number of hydrogen-bond donors (Lipinski definition) is 1. The van der Waals surface area contributed by atoms with Crippen LogP contribution in [0.4, 0.5) is 0 Å². The zero-order valence-corrected chi connectivity index (χ0v) is 7.46. The fourth-order valence-corrected chi connectivity index (χ4v) is 1.18. The van der Waals surface area contributed by atoms with Crippen molar-refractivity contribution in [2.45, 2.75) is 33.4 Å². The summed E-state index contributed by atoms with van der Waals surface area (Å²) in [5, 5.41) is 4.33. The average Bonchev–Trinajstić information content (AvgIpc) is 2.30. The number of aryl methyl sites for hydroxylation is 2. The summed E-state index contributed by atoms with van der Waals surface area (Å²) in [4.78, 5) is 0. The molecule has 11 heavy (non-hydrogen) atoms. The van der Waals surface area contributed by atoms with Crippen molar-refractivity contribution in [3.8, 4) is 0 Å². The standard InChI is InChI=1S/C8H15N3/c1-4-11-5-8(6(2)9)7(3)10-11/h5-6H,4,9H2,1-3H3/p+1/t6-/m0/s1. The highest BCUT2D eigenvalue weighted by molar-refractivity contribution is 5.17. The van der Waals surface area contributed by atoms with Gasteiger partial charge < -0.3 is 5.73 Å². The second-order valence-corrected chi connectivity index (χ2v) is 2.93. The van der Waals surface area contributed by atoms with Crippen LogP contribution >= 0.6 is 0 Å². The summed E-state index contributed by atoms with van der Waals surface area (Å²) in [7, 11) is 0. The summed E-state index contributed by atoms with van der Waals surface area (Å²) in [5.41, 5.74) is 6.33. The van der Waals surface area contributed by atoms with E-state index in [1.165, 1.54) is 5.56 Å². The lowest BCUT2D eigenvalue weighted by atomic mass is 10.1. The Kier molecular flexibility index (Phi) is 2.29. The molecule has 3 heteroatoms. The first-order chi connectivity index (χ1) is 5.15. The number of hydrogen-bond acceptors (Lipinski definition) is 1. The van der Waals surface area contributed by atoms with Crippen molar-refractivity contribution in [3.63, 3.8) is 0 Å². The van der Waals surface area contributed by atoms with Crippen LogP contribution in [0.1, 0.15) is 31.1 Å². The largest absolute Gasteiger partial charge is 0.351 e. The summed E-state index contributed by atoms with van der Waals surface area (Å²) in [6.45, 7) is 7.14. The molecule has 1 aromatic rings. The van der Waals surface area contributed by atoms with E-state index in [1.807, 2.05) is 11.6 Å². The van der Waals surface area contributed by atoms with E-state index in [0.717, 1.165) is 12.2 Å². The molecule has 0 fully saturated rings. The molecule has 0 unspecified atom stereocenters. The van der Waals surface area contributed by atoms with Crippen LogP contribution in [-0.2, 0) is 6.54 Å². The Morgan fingerprint density at radius 1 is 1.73 bits per heavy atom. The van der Waals surface area contributed by atoms with Crippen molar-refractivity contribution in [2.75, 3.05) is 0 Å². The van der Waals surface area contributed by atoms with Gasteiger partial charge in [-0.2, -0.15) is 5.10 Å². The summed E-state index contributed by atoms with van der Waals surface area (Å²) < 4.78 is 1.95.